The van der Waals surface area contributed by atoms with Crippen molar-refractivity contribution in [1.29, 1.82) is 0 Å². The first-order valence-electron chi connectivity index (χ1n) is 9.59. The number of fused-ring (bicyclic) bond motifs is 1. The zero-order valence-corrected chi connectivity index (χ0v) is 18.4. The van der Waals surface area contributed by atoms with E-state index in [4.69, 9.17) is 0 Å². The molecule has 1 aromatic heterocycles. The number of rotatable bonds is 4. The smallest absolute Gasteiger partial charge is 0.258 e. The molecule has 1 aliphatic carbocycles. The Labute approximate surface area is 182 Å². The third-order valence-corrected chi connectivity index (χ3v) is 6.80. The van der Waals surface area contributed by atoms with Gasteiger partial charge in [-0.05, 0) is 67.1 Å². The van der Waals surface area contributed by atoms with E-state index in [1.54, 1.807) is 12.1 Å². The first kappa shape index (κ1) is 19.9. The van der Waals surface area contributed by atoms with Gasteiger partial charge in [-0.15, -0.1) is 11.3 Å². The highest BCUT2D eigenvalue weighted by Gasteiger charge is 2.28. The van der Waals surface area contributed by atoms with E-state index in [1.165, 1.54) is 16.2 Å². The van der Waals surface area contributed by atoms with E-state index in [1.807, 2.05) is 42.5 Å². The van der Waals surface area contributed by atoms with Crippen LogP contribution in [-0.4, -0.2) is 11.8 Å². The molecule has 0 spiro atoms. The molecule has 148 valence electrons. The summed E-state index contributed by atoms with van der Waals surface area (Å²) in [6.45, 7) is 2.23. The average Bonchev–Trinajstić information content (AvgIpc) is 3.06. The first-order chi connectivity index (χ1) is 14.0. The van der Waals surface area contributed by atoms with Crippen molar-refractivity contribution in [2.24, 2.45) is 5.92 Å². The second-order valence-electron chi connectivity index (χ2n) is 7.34. The molecule has 2 amide bonds. The standard InChI is InChI=1S/C23H21BrN2O2S/c1-14-7-12-18-19(13-14)29-23(26-21(27)15-8-10-16(24)11-9-15)20(18)22(28)25-17-5-3-2-4-6-17/h2-6,8-11,14H,7,12-13H2,1H3,(H,25,28)(H,26,27)/t14-/m1/s1. The fourth-order valence-electron chi connectivity index (χ4n) is 3.57. The molecule has 4 nitrogen and oxygen atoms in total. The maximum absolute atomic E-state index is 13.2. The van der Waals surface area contributed by atoms with Crippen LogP contribution in [0.5, 0.6) is 0 Å². The van der Waals surface area contributed by atoms with Gasteiger partial charge in [-0.25, -0.2) is 0 Å². The molecule has 1 aliphatic rings. The van der Waals surface area contributed by atoms with Gasteiger partial charge < -0.3 is 10.6 Å². The van der Waals surface area contributed by atoms with Gasteiger partial charge in [0.05, 0.1) is 5.56 Å². The van der Waals surface area contributed by atoms with Gasteiger partial charge in [0.1, 0.15) is 5.00 Å². The molecular formula is C23H21BrN2O2S. The lowest BCUT2D eigenvalue weighted by molar-refractivity contribution is 0.102. The summed E-state index contributed by atoms with van der Waals surface area (Å²) >= 11 is 4.91. The molecule has 4 rings (SSSR count). The predicted octanol–water partition coefficient (Wildman–Crippen LogP) is 6.14. The van der Waals surface area contributed by atoms with Crippen molar-refractivity contribution in [3.63, 3.8) is 0 Å². The number of carbonyl (C=O) groups is 2. The molecule has 0 bridgehead atoms. The molecular weight excluding hydrogens is 448 g/mol. The molecule has 29 heavy (non-hydrogen) atoms. The van der Waals surface area contributed by atoms with Gasteiger partial charge in [0.15, 0.2) is 0 Å². The predicted molar refractivity (Wildman–Crippen MR) is 122 cm³/mol. The Kier molecular flexibility index (Phi) is 5.83. The molecule has 0 saturated carbocycles. The molecule has 0 unspecified atom stereocenters. The van der Waals surface area contributed by atoms with Crippen molar-refractivity contribution < 1.29 is 9.59 Å². The van der Waals surface area contributed by atoms with Crippen LogP contribution in [0.1, 0.15) is 44.5 Å². The topological polar surface area (TPSA) is 58.2 Å². The molecule has 0 radical (unpaired) electrons. The molecule has 3 aromatic rings. The van der Waals surface area contributed by atoms with Gasteiger partial charge in [-0.3, -0.25) is 9.59 Å². The van der Waals surface area contributed by atoms with Crippen molar-refractivity contribution in [2.75, 3.05) is 10.6 Å². The molecule has 1 heterocycles. The second kappa shape index (κ2) is 8.51. The largest absolute Gasteiger partial charge is 0.322 e. The normalized spacial score (nSPS) is 15.4. The fourth-order valence-corrected chi connectivity index (χ4v) is 5.24. The quantitative estimate of drug-likeness (QED) is 0.482. The Morgan fingerprint density at radius 3 is 2.45 bits per heavy atom. The van der Waals surface area contributed by atoms with Crippen molar-refractivity contribution in [1.82, 2.24) is 0 Å². The molecule has 0 saturated heterocycles. The molecule has 2 aromatic carbocycles. The summed E-state index contributed by atoms with van der Waals surface area (Å²) in [4.78, 5) is 27.1. The minimum absolute atomic E-state index is 0.172. The lowest BCUT2D eigenvalue weighted by atomic mass is 9.88. The van der Waals surface area contributed by atoms with Crippen LogP contribution < -0.4 is 10.6 Å². The summed E-state index contributed by atoms with van der Waals surface area (Å²) in [5.41, 5.74) is 2.98. The molecule has 0 aliphatic heterocycles. The molecule has 1 atom stereocenters. The van der Waals surface area contributed by atoms with Crippen molar-refractivity contribution >= 4 is 49.8 Å². The monoisotopic (exact) mass is 468 g/mol. The number of anilines is 2. The SMILES string of the molecule is C[C@@H]1CCc2c(sc(NC(=O)c3ccc(Br)cc3)c2C(=O)Nc2ccccc2)C1. The van der Waals surface area contributed by atoms with Gasteiger partial charge in [0, 0.05) is 20.6 Å². The first-order valence-corrected chi connectivity index (χ1v) is 11.2. The number of hydrogen-bond donors (Lipinski definition) is 2. The van der Waals surface area contributed by atoms with Gasteiger partial charge in [-0.2, -0.15) is 0 Å². The summed E-state index contributed by atoms with van der Waals surface area (Å²) < 4.78 is 0.914. The minimum Gasteiger partial charge on any atom is -0.322 e. The van der Waals surface area contributed by atoms with Crippen LogP contribution in [0, 0.1) is 5.92 Å². The summed E-state index contributed by atoms with van der Waals surface area (Å²) in [6.07, 6.45) is 2.86. The lowest BCUT2D eigenvalue weighted by Gasteiger charge is -2.18. The highest BCUT2D eigenvalue weighted by molar-refractivity contribution is 9.10. The highest BCUT2D eigenvalue weighted by atomic mass is 79.9. The third-order valence-electron chi connectivity index (χ3n) is 5.10. The van der Waals surface area contributed by atoms with Crippen LogP contribution in [0.25, 0.3) is 0 Å². The number of nitrogens with one attached hydrogen (secondary N) is 2. The maximum atomic E-state index is 13.2. The van der Waals surface area contributed by atoms with Crippen LogP contribution in [0.15, 0.2) is 59.1 Å². The Hall–Kier alpha value is -2.44. The lowest BCUT2D eigenvalue weighted by Crippen LogP contribution is -2.19. The van der Waals surface area contributed by atoms with Crippen LogP contribution in [0.4, 0.5) is 10.7 Å². The van der Waals surface area contributed by atoms with E-state index < -0.39 is 0 Å². The average molecular weight is 469 g/mol. The van der Waals surface area contributed by atoms with E-state index in [0.29, 0.717) is 22.0 Å². The molecule has 2 N–H and O–H groups in total. The van der Waals surface area contributed by atoms with Gasteiger partial charge in [-0.1, -0.05) is 41.1 Å². The summed E-state index contributed by atoms with van der Waals surface area (Å²) in [6, 6.07) is 16.6. The zero-order valence-electron chi connectivity index (χ0n) is 16.0. The third kappa shape index (κ3) is 4.43. The Bertz CT molecular complexity index is 1040. The van der Waals surface area contributed by atoms with Gasteiger partial charge in [0.25, 0.3) is 11.8 Å². The Morgan fingerprint density at radius 1 is 1.00 bits per heavy atom. The minimum atomic E-state index is -0.210. The summed E-state index contributed by atoms with van der Waals surface area (Å²) in [5, 5.41) is 6.60. The number of hydrogen-bond acceptors (Lipinski definition) is 3. The van der Waals surface area contributed by atoms with Crippen LogP contribution in [-0.2, 0) is 12.8 Å². The van der Waals surface area contributed by atoms with Crippen LogP contribution in [0.3, 0.4) is 0 Å². The molecule has 6 heteroatoms. The highest BCUT2D eigenvalue weighted by Crippen LogP contribution is 2.40. The summed E-state index contributed by atoms with van der Waals surface area (Å²) in [7, 11) is 0. The summed E-state index contributed by atoms with van der Waals surface area (Å²) in [5.74, 6) is 0.202. The van der Waals surface area contributed by atoms with Crippen molar-refractivity contribution in [3.8, 4) is 0 Å². The van der Waals surface area contributed by atoms with Gasteiger partial charge in [0.2, 0.25) is 0 Å². The van der Waals surface area contributed by atoms with E-state index in [9.17, 15) is 9.59 Å². The number of benzene rings is 2. The van der Waals surface area contributed by atoms with Crippen molar-refractivity contribution in [3.05, 3.63) is 80.6 Å². The van der Waals surface area contributed by atoms with E-state index in [2.05, 4.69) is 33.5 Å². The van der Waals surface area contributed by atoms with Crippen molar-refractivity contribution in [2.45, 2.75) is 26.2 Å². The van der Waals surface area contributed by atoms with Crippen LogP contribution in [0.2, 0.25) is 0 Å². The zero-order chi connectivity index (χ0) is 20.4. The Balaban J connectivity index is 1.66. The number of halogens is 1. The van der Waals surface area contributed by atoms with E-state index >= 15 is 0 Å². The van der Waals surface area contributed by atoms with E-state index in [-0.39, 0.29) is 11.8 Å². The van der Waals surface area contributed by atoms with Gasteiger partial charge >= 0.3 is 0 Å². The number of amides is 2. The Morgan fingerprint density at radius 2 is 1.72 bits per heavy atom. The maximum Gasteiger partial charge on any atom is 0.258 e. The van der Waals surface area contributed by atoms with E-state index in [0.717, 1.165) is 35.0 Å². The molecule has 0 fully saturated rings. The number of para-hydroxylation sites is 1. The fraction of sp³-hybridized carbons (Fsp3) is 0.217. The number of carbonyl (C=O) groups excluding carboxylic acids is 2. The van der Waals surface area contributed by atoms with Crippen LogP contribution >= 0.6 is 27.3 Å². The number of thiophene rings is 1. The second-order valence-corrected chi connectivity index (χ2v) is 9.36.